The van der Waals surface area contributed by atoms with Crippen LogP contribution in [-0.2, 0) is 11.2 Å². The number of morpholine rings is 1. The average molecular weight is 440 g/mol. The van der Waals surface area contributed by atoms with E-state index in [4.69, 9.17) is 9.15 Å². The van der Waals surface area contributed by atoms with Gasteiger partial charge in [-0.3, -0.25) is 19.5 Å². The molecule has 0 unspecified atom stereocenters. The number of nitrogens with zero attached hydrogens (tertiary/aromatic N) is 3. The molecule has 2 aromatic heterocycles. The maximum Gasteiger partial charge on any atom is 0.287 e. The number of amides is 2. The quantitative estimate of drug-likeness (QED) is 0.504. The van der Waals surface area contributed by atoms with Crippen LogP contribution in [-0.4, -0.2) is 66.8 Å². The average Bonchev–Trinajstić information content (AvgIpc) is 3.18. The van der Waals surface area contributed by atoms with Crippen LogP contribution in [0.5, 0.6) is 0 Å². The van der Waals surface area contributed by atoms with E-state index in [0.29, 0.717) is 24.3 Å². The maximum absolute atomic E-state index is 12.7. The number of nitrogens with one attached hydrogen (secondary N) is 2. The summed E-state index contributed by atoms with van der Waals surface area (Å²) in [6, 6.07) is 3.26. The molecule has 0 saturated carbocycles. The summed E-state index contributed by atoms with van der Waals surface area (Å²) in [5.74, 6) is 0.575. The lowest BCUT2D eigenvalue weighted by molar-refractivity contribution is 0.0374. The van der Waals surface area contributed by atoms with E-state index in [-0.39, 0.29) is 11.8 Å². The molecule has 0 radical (unpaired) electrons. The third-order valence-corrected chi connectivity index (χ3v) is 5.81. The second-order valence-corrected chi connectivity index (χ2v) is 8.01. The fourth-order valence-corrected chi connectivity index (χ4v) is 4.09. The number of hydrazone groups is 1. The first-order chi connectivity index (χ1) is 15.6. The van der Waals surface area contributed by atoms with Crippen molar-refractivity contribution in [2.45, 2.75) is 32.6 Å². The Balaban J connectivity index is 1.38. The molecule has 9 heteroatoms. The van der Waals surface area contributed by atoms with E-state index >= 15 is 0 Å². The van der Waals surface area contributed by atoms with Crippen molar-refractivity contribution >= 4 is 17.5 Å². The first-order valence-electron chi connectivity index (χ1n) is 11.1. The Morgan fingerprint density at radius 3 is 2.72 bits per heavy atom. The summed E-state index contributed by atoms with van der Waals surface area (Å²) in [5.41, 5.74) is 5.44. The molecule has 2 aliphatic rings. The third kappa shape index (κ3) is 5.23. The summed E-state index contributed by atoms with van der Waals surface area (Å²) >= 11 is 0. The first kappa shape index (κ1) is 22.2. The molecule has 0 spiro atoms. The van der Waals surface area contributed by atoms with Gasteiger partial charge in [0.25, 0.3) is 11.8 Å². The number of furan rings is 1. The second kappa shape index (κ2) is 10.5. The summed E-state index contributed by atoms with van der Waals surface area (Å²) in [6.07, 6.45) is 6.31. The van der Waals surface area contributed by atoms with Crippen LogP contribution in [0.25, 0.3) is 0 Å². The SMILES string of the molecule is Cc1c(C(=O)NCCCN2CCOCC2)oc2c1/C(=N/NC(=O)c1ccncc1)CCC2. The van der Waals surface area contributed by atoms with E-state index in [1.54, 1.807) is 24.5 Å². The minimum Gasteiger partial charge on any atom is -0.455 e. The van der Waals surface area contributed by atoms with Gasteiger partial charge in [0.05, 0.1) is 18.9 Å². The number of carbonyl (C=O) groups is 2. The van der Waals surface area contributed by atoms with Gasteiger partial charge in [-0.15, -0.1) is 0 Å². The van der Waals surface area contributed by atoms with Crippen LogP contribution >= 0.6 is 0 Å². The highest BCUT2D eigenvalue weighted by molar-refractivity contribution is 6.07. The molecule has 9 nitrogen and oxygen atoms in total. The monoisotopic (exact) mass is 439 g/mol. The number of aromatic nitrogens is 1. The highest BCUT2D eigenvalue weighted by Gasteiger charge is 2.28. The highest BCUT2D eigenvalue weighted by atomic mass is 16.5. The molecule has 0 aromatic carbocycles. The number of pyridine rings is 1. The smallest absolute Gasteiger partial charge is 0.287 e. The molecule has 0 bridgehead atoms. The van der Waals surface area contributed by atoms with Crippen molar-refractivity contribution < 1.29 is 18.7 Å². The predicted octanol–water partition coefficient (Wildman–Crippen LogP) is 1.91. The first-order valence-corrected chi connectivity index (χ1v) is 11.1. The Bertz CT molecular complexity index is 980. The van der Waals surface area contributed by atoms with Gasteiger partial charge < -0.3 is 14.5 Å². The third-order valence-electron chi connectivity index (χ3n) is 5.81. The van der Waals surface area contributed by atoms with Crippen LogP contribution in [0.4, 0.5) is 0 Å². The molecular weight excluding hydrogens is 410 g/mol. The lowest BCUT2D eigenvalue weighted by atomic mass is 9.93. The molecule has 3 heterocycles. The molecule has 2 amide bonds. The van der Waals surface area contributed by atoms with E-state index in [2.05, 4.69) is 25.7 Å². The van der Waals surface area contributed by atoms with Crippen molar-refractivity contribution in [1.82, 2.24) is 20.6 Å². The van der Waals surface area contributed by atoms with Crippen molar-refractivity contribution in [1.29, 1.82) is 0 Å². The van der Waals surface area contributed by atoms with Gasteiger partial charge in [-0.2, -0.15) is 5.10 Å². The van der Waals surface area contributed by atoms with E-state index < -0.39 is 0 Å². The minimum absolute atomic E-state index is 0.209. The van der Waals surface area contributed by atoms with Gasteiger partial charge in [-0.25, -0.2) is 5.43 Å². The fraction of sp³-hybridized carbons (Fsp3) is 0.478. The van der Waals surface area contributed by atoms with Gasteiger partial charge in [-0.05, 0) is 44.9 Å². The van der Waals surface area contributed by atoms with E-state index in [1.807, 2.05) is 6.92 Å². The number of hydrogen-bond acceptors (Lipinski definition) is 7. The Kier molecular flexibility index (Phi) is 7.28. The number of hydrogen-bond donors (Lipinski definition) is 2. The number of rotatable bonds is 7. The minimum atomic E-state index is -0.300. The molecule has 32 heavy (non-hydrogen) atoms. The van der Waals surface area contributed by atoms with Crippen LogP contribution in [0, 0.1) is 6.92 Å². The van der Waals surface area contributed by atoms with Crippen molar-refractivity contribution in [3.63, 3.8) is 0 Å². The van der Waals surface area contributed by atoms with E-state index in [0.717, 1.165) is 74.7 Å². The summed E-state index contributed by atoms with van der Waals surface area (Å²) in [5, 5.41) is 7.32. The maximum atomic E-state index is 12.7. The Morgan fingerprint density at radius 1 is 1.16 bits per heavy atom. The Hall–Kier alpha value is -3.04. The zero-order valence-electron chi connectivity index (χ0n) is 18.4. The molecule has 1 saturated heterocycles. The lowest BCUT2D eigenvalue weighted by Crippen LogP contribution is -2.38. The van der Waals surface area contributed by atoms with Crippen LogP contribution in [0.3, 0.4) is 0 Å². The van der Waals surface area contributed by atoms with Crippen molar-refractivity contribution in [3.8, 4) is 0 Å². The van der Waals surface area contributed by atoms with Gasteiger partial charge in [-0.1, -0.05) is 0 Å². The Morgan fingerprint density at radius 2 is 1.94 bits per heavy atom. The summed E-state index contributed by atoms with van der Waals surface area (Å²) in [6.45, 7) is 6.83. The van der Waals surface area contributed by atoms with Crippen molar-refractivity contribution in [2.75, 3.05) is 39.4 Å². The molecule has 1 aliphatic heterocycles. The molecule has 1 fully saturated rings. The van der Waals surface area contributed by atoms with Crippen LogP contribution in [0.1, 0.15) is 57.1 Å². The van der Waals surface area contributed by atoms with Gasteiger partial charge in [0.2, 0.25) is 0 Å². The van der Waals surface area contributed by atoms with Gasteiger partial charge in [0, 0.05) is 55.1 Å². The Labute approximate surface area is 187 Å². The van der Waals surface area contributed by atoms with Gasteiger partial charge >= 0.3 is 0 Å². The molecule has 170 valence electrons. The van der Waals surface area contributed by atoms with E-state index in [1.165, 1.54) is 0 Å². The number of fused-ring (bicyclic) bond motifs is 1. The molecule has 2 N–H and O–H groups in total. The van der Waals surface area contributed by atoms with E-state index in [9.17, 15) is 9.59 Å². The zero-order valence-corrected chi connectivity index (χ0v) is 18.4. The zero-order chi connectivity index (χ0) is 22.3. The van der Waals surface area contributed by atoms with Crippen molar-refractivity contribution in [2.24, 2.45) is 5.10 Å². The van der Waals surface area contributed by atoms with Gasteiger partial charge in [0.15, 0.2) is 5.76 Å². The van der Waals surface area contributed by atoms with Gasteiger partial charge in [0.1, 0.15) is 5.76 Å². The van der Waals surface area contributed by atoms with Crippen molar-refractivity contribution in [3.05, 3.63) is 52.7 Å². The molecule has 0 atom stereocenters. The summed E-state index contributed by atoms with van der Waals surface area (Å²) in [7, 11) is 0. The molecule has 2 aromatic rings. The summed E-state index contributed by atoms with van der Waals surface area (Å²) < 4.78 is 11.3. The fourth-order valence-electron chi connectivity index (χ4n) is 4.09. The second-order valence-electron chi connectivity index (χ2n) is 8.01. The topological polar surface area (TPSA) is 109 Å². The van der Waals surface area contributed by atoms with Crippen LogP contribution < -0.4 is 10.7 Å². The predicted molar refractivity (Wildman–Crippen MR) is 119 cm³/mol. The molecule has 4 rings (SSSR count). The number of carbonyl (C=O) groups excluding carboxylic acids is 2. The summed E-state index contributed by atoms with van der Waals surface area (Å²) in [4.78, 5) is 31.3. The molecular formula is C23H29N5O4. The largest absolute Gasteiger partial charge is 0.455 e. The number of aryl methyl sites for hydroxylation is 1. The van der Waals surface area contributed by atoms with Crippen LogP contribution in [0.15, 0.2) is 34.0 Å². The van der Waals surface area contributed by atoms with Crippen LogP contribution in [0.2, 0.25) is 0 Å². The lowest BCUT2D eigenvalue weighted by Gasteiger charge is -2.26. The standard InChI is InChI=1S/C23H29N5O4/c1-16-20-18(26-27-22(29)17-6-9-24-10-7-17)4-2-5-19(20)32-21(16)23(30)25-8-3-11-28-12-14-31-15-13-28/h6-7,9-10H,2-5,8,11-15H2,1H3,(H,25,30)(H,27,29)/b26-18+. The highest BCUT2D eigenvalue weighted by Crippen LogP contribution is 2.29. The molecule has 1 aliphatic carbocycles. The normalized spacial score (nSPS) is 17.7. The number of ether oxygens (including phenoxy) is 1.